The van der Waals surface area contributed by atoms with E-state index < -0.39 is 0 Å². The molecule has 0 N–H and O–H groups in total. The standard InChI is InChI=1S/C11H11ClN4O.C2H6/c1-15(8-4-3-5-13-6-8)10(17)9-7-14-11(12)16(9)2;1-2/h3-7H,1-2H3;1-2H3. The fourth-order valence-electron chi connectivity index (χ4n) is 1.43. The third kappa shape index (κ3) is 3.32. The maximum atomic E-state index is 12.2. The van der Waals surface area contributed by atoms with Crippen LogP contribution in [0.3, 0.4) is 0 Å². The molecular formula is C13H17ClN4O. The predicted octanol–water partition coefficient (Wildman–Crippen LogP) is 2.77. The summed E-state index contributed by atoms with van der Waals surface area (Å²) in [6.07, 6.45) is 4.73. The summed E-state index contributed by atoms with van der Waals surface area (Å²) < 4.78 is 1.54. The number of halogens is 1. The highest BCUT2D eigenvalue weighted by atomic mass is 35.5. The summed E-state index contributed by atoms with van der Waals surface area (Å²) in [4.78, 5) is 21.5. The number of hydrogen-bond donors (Lipinski definition) is 0. The van der Waals surface area contributed by atoms with E-state index in [1.165, 1.54) is 15.7 Å². The first kappa shape index (κ1) is 15.2. The largest absolute Gasteiger partial charge is 0.314 e. The van der Waals surface area contributed by atoms with Crippen molar-refractivity contribution in [1.29, 1.82) is 0 Å². The van der Waals surface area contributed by atoms with E-state index in [-0.39, 0.29) is 11.2 Å². The van der Waals surface area contributed by atoms with Crippen molar-refractivity contribution in [2.45, 2.75) is 13.8 Å². The highest BCUT2D eigenvalue weighted by Crippen LogP contribution is 2.15. The van der Waals surface area contributed by atoms with E-state index in [1.54, 1.807) is 32.6 Å². The number of nitrogens with zero attached hydrogens (tertiary/aromatic N) is 4. The number of hydrogen-bond acceptors (Lipinski definition) is 3. The van der Waals surface area contributed by atoms with Crippen LogP contribution in [0, 0.1) is 0 Å². The first-order valence-electron chi connectivity index (χ1n) is 5.96. The summed E-state index contributed by atoms with van der Waals surface area (Å²) in [6.45, 7) is 4.00. The molecule has 0 radical (unpaired) electrons. The van der Waals surface area contributed by atoms with Gasteiger partial charge in [0.1, 0.15) is 5.69 Å². The first-order valence-corrected chi connectivity index (χ1v) is 6.34. The van der Waals surface area contributed by atoms with Gasteiger partial charge in [-0.3, -0.25) is 9.78 Å². The number of anilines is 1. The minimum atomic E-state index is -0.181. The Labute approximate surface area is 117 Å². The van der Waals surface area contributed by atoms with E-state index in [2.05, 4.69) is 9.97 Å². The first-order chi connectivity index (χ1) is 9.11. The third-order valence-electron chi connectivity index (χ3n) is 2.49. The van der Waals surface area contributed by atoms with Crippen LogP contribution >= 0.6 is 11.6 Å². The average molecular weight is 281 g/mol. The molecule has 0 fully saturated rings. The predicted molar refractivity (Wildman–Crippen MR) is 76.5 cm³/mol. The molecule has 0 aliphatic rings. The van der Waals surface area contributed by atoms with Crippen LogP contribution in [0.2, 0.25) is 5.28 Å². The fraction of sp³-hybridized carbons (Fsp3) is 0.308. The third-order valence-corrected chi connectivity index (χ3v) is 2.84. The molecule has 2 rings (SSSR count). The van der Waals surface area contributed by atoms with Crippen molar-refractivity contribution in [2.24, 2.45) is 7.05 Å². The SMILES string of the molecule is CC.CN(C(=O)c1cnc(Cl)n1C)c1cccnc1. The number of aromatic nitrogens is 3. The number of imidazole rings is 1. The minimum Gasteiger partial charge on any atom is -0.314 e. The molecule has 0 aliphatic carbocycles. The van der Waals surface area contributed by atoms with E-state index >= 15 is 0 Å². The molecule has 0 atom stereocenters. The number of amides is 1. The van der Waals surface area contributed by atoms with Gasteiger partial charge in [0.2, 0.25) is 5.28 Å². The van der Waals surface area contributed by atoms with E-state index in [9.17, 15) is 4.79 Å². The monoisotopic (exact) mass is 280 g/mol. The van der Waals surface area contributed by atoms with Gasteiger partial charge >= 0.3 is 0 Å². The van der Waals surface area contributed by atoms with Crippen LogP contribution in [0.1, 0.15) is 24.3 Å². The Morgan fingerprint density at radius 2 is 2.05 bits per heavy atom. The lowest BCUT2D eigenvalue weighted by molar-refractivity contribution is 0.0985. The molecule has 19 heavy (non-hydrogen) atoms. The van der Waals surface area contributed by atoms with Crippen LogP contribution in [0.5, 0.6) is 0 Å². The van der Waals surface area contributed by atoms with Gasteiger partial charge in [0.05, 0.1) is 18.1 Å². The summed E-state index contributed by atoms with van der Waals surface area (Å²) in [5.74, 6) is -0.181. The molecule has 0 saturated carbocycles. The van der Waals surface area contributed by atoms with Gasteiger partial charge in [0.25, 0.3) is 5.91 Å². The summed E-state index contributed by atoms with van der Waals surface area (Å²) in [5.41, 5.74) is 1.15. The molecule has 0 aromatic carbocycles. The summed E-state index contributed by atoms with van der Waals surface area (Å²) >= 11 is 5.79. The van der Waals surface area contributed by atoms with Crippen LogP contribution < -0.4 is 4.90 Å². The van der Waals surface area contributed by atoms with Crippen molar-refractivity contribution in [1.82, 2.24) is 14.5 Å². The molecule has 5 nitrogen and oxygen atoms in total. The van der Waals surface area contributed by atoms with Gasteiger partial charge in [-0.05, 0) is 23.7 Å². The van der Waals surface area contributed by atoms with Crippen molar-refractivity contribution in [3.63, 3.8) is 0 Å². The normalized spacial score (nSPS) is 9.53. The maximum Gasteiger partial charge on any atom is 0.276 e. The van der Waals surface area contributed by atoms with Crippen molar-refractivity contribution >= 4 is 23.2 Å². The highest BCUT2D eigenvalue weighted by Gasteiger charge is 2.18. The Morgan fingerprint density at radius 1 is 1.37 bits per heavy atom. The van der Waals surface area contributed by atoms with E-state index in [0.29, 0.717) is 5.69 Å². The minimum absolute atomic E-state index is 0.181. The Morgan fingerprint density at radius 3 is 2.53 bits per heavy atom. The maximum absolute atomic E-state index is 12.2. The summed E-state index contributed by atoms with van der Waals surface area (Å²) in [5, 5.41) is 0.285. The van der Waals surface area contributed by atoms with Gasteiger partial charge in [-0.25, -0.2) is 4.98 Å². The second kappa shape index (κ2) is 6.89. The molecule has 0 unspecified atom stereocenters. The Bertz CT molecular complexity index is 539. The molecule has 6 heteroatoms. The molecule has 2 heterocycles. The van der Waals surface area contributed by atoms with E-state index in [1.807, 2.05) is 19.9 Å². The number of rotatable bonds is 2. The summed E-state index contributed by atoms with van der Waals surface area (Å²) in [6, 6.07) is 3.58. The lowest BCUT2D eigenvalue weighted by atomic mass is 10.3. The van der Waals surface area contributed by atoms with Crippen LogP contribution in [-0.4, -0.2) is 27.5 Å². The molecular weight excluding hydrogens is 264 g/mol. The number of carbonyl (C=O) groups excluding carboxylic acids is 1. The van der Waals surface area contributed by atoms with Gasteiger partial charge in [0, 0.05) is 20.3 Å². The Hall–Kier alpha value is -1.88. The molecule has 2 aromatic heterocycles. The Kier molecular flexibility index (Phi) is 5.51. The molecule has 0 saturated heterocycles. The quantitative estimate of drug-likeness (QED) is 0.850. The van der Waals surface area contributed by atoms with Crippen molar-refractivity contribution < 1.29 is 4.79 Å². The summed E-state index contributed by atoms with van der Waals surface area (Å²) in [7, 11) is 3.37. The zero-order valence-electron chi connectivity index (χ0n) is 11.5. The van der Waals surface area contributed by atoms with E-state index in [4.69, 9.17) is 11.6 Å². The number of carbonyl (C=O) groups is 1. The topological polar surface area (TPSA) is 51.0 Å². The lowest BCUT2D eigenvalue weighted by Gasteiger charge is -2.16. The van der Waals surface area contributed by atoms with Crippen LogP contribution in [0.4, 0.5) is 5.69 Å². The van der Waals surface area contributed by atoms with Crippen molar-refractivity contribution in [3.8, 4) is 0 Å². The van der Waals surface area contributed by atoms with Gasteiger partial charge in [-0.15, -0.1) is 0 Å². The number of pyridine rings is 1. The molecule has 0 spiro atoms. The van der Waals surface area contributed by atoms with E-state index in [0.717, 1.165) is 5.69 Å². The van der Waals surface area contributed by atoms with Crippen LogP contribution in [0.15, 0.2) is 30.7 Å². The van der Waals surface area contributed by atoms with Gasteiger partial charge in [0.15, 0.2) is 0 Å². The van der Waals surface area contributed by atoms with Crippen LogP contribution in [0.25, 0.3) is 0 Å². The zero-order chi connectivity index (χ0) is 14.4. The van der Waals surface area contributed by atoms with Gasteiger partial charge in [-0.1, -0.05) is 13.8 Å². The van der Waals surface area contributed by atoms with Crippen LogP contribution in [-0.2, 0) is 7.05 Å². The second-order valence-corrected chi connectivity index (χ2v) is 3.88. The smallest absolute Gasteiger partial charge is 0.276 e. The second-order valence-electron chi connectivity index (χ2n) is 3.55. The van der Waals surface area contributed by atoms with Gasteiger partial charge in [-0.2, -0.15) is 0 Å². The molecule has 0 bridgehead atoms. The average Bonchev–Trinajstić information content (AvgIpc) is 2.80. The highest BCUT2D eigenvalue weighted by molar-refractivity contribution is 6.28. The zero-order valence-corrected chi connectivity index (χ0v) is 12.2. The molecule has 2 aromatic rings. The molecule has 102 valence electrons. The molecule has 1 amide bonds. The molecule has 0 aliphatic heterocycles. The Balaban J connectivity index is 0.000000861. The lowest BCUT2D eigenvalue weighted by Crippen LogP contribution is -2.28. The van der Waals surface area contributed by atoms with Crippen molar-refractivity contribution in [2.75, 3.05) is 11.9 Å². The van der Waals surface area contributed by atoms with Crippen molar-refractivity contribution in [3.05, 3.63) is 41.7 Å². The fourth-order valence-corrected chi connectivity index (χ4v) is 1.57. The van der Waals surface area contributed by atoms with Gasteiger partial charge < -0.3 is 9.47 Å².